The largest absolute Gasteiger partial charge is 0.388 e. The Morgan fingerprint density at radius 3 is 2.58 bits per heavy atom. The highest BCUT2D eigenvalue weighted by molar-refractivity contribution is 5.23. The van der Waals surface area contributed by atoms with Crippen molar-refractivity contribution in [3.05, 3.63) is 48.0 Å². The fourth-order valence-electron chi connectivity index (χ4n) is 1.69. The predicted octanol–water partition coefficient (Wildman–Crippen LogP) is 3.22. The highest BCUT2D eigenvalue weighted by Crippen LogP contribution is 2.21. The number of rotatable bonds is 6. The highest BCUT2D eigenvalue weighted by atomic mass is 16.3. The highest BCUT2D eigenvalue weighted by Gasteiger charge is 2.12. The lowest BCUT2D eigenvalue weighted by atomic mass is 9.99. The fourth-order valence-corrected chi connectivity index (χ4v) is 1.69. The fraction of sp³-hybridized carbons (Fsp3) is 0.412. The van der Waals surface area contributed by atoms with E-state index in [0.717, 1.165) is 24.8 Å². The molecule has 0 aliphatic heterocycles. The first-order valence-corrected chi connectivity index (χ1v) is 6.72. The minimum atomic E-state index is -0.852. The average Bonchev–Trinajstić information content (AvgIpc) is 2.44. The Balaban J connectivity index is 2.47. The van der Waals surface area contributed by atoms with E-state index in [1.165, 1.54) is 0 Å². The molecule has 1 rings (SSSR count). The number of unbranched alkanes of at least 4 members (excludes halogenated alkanes) is 2. The maximum atomic E-state index is 10.0. The van der Waals surface area contributed by atoms with Crippen LogP contribution in [0.4, 0.5) is 0 Å². The molecule has 0 radical (unpaired) electrons. The first kappa shape index (κ1) is 15.5. The number of hydrogen-bond acceptors (Lipinski definition) is 2. The Hall–Kier alpha value is -1.56. The molecule has 1 aromatic carbocycles. The van der Waals surface area contributed by atoms with Gasteiger partial charge < -0.3 is 10.2 Å². The van der Waals surface area contributed by atoms with Crippen molar-refractivity contribution in [2.75, 3.05) is 0 Å². The summed E-state index contributed by atoms with van der Waals surface area (Å²) in [5, 5.41) is 19.9. The van der Waals surface area contributed by atoms with Crippen LogP contribution in [0.15, 0.2) is 42.5 Å². The lowest BCUT2D eigenvalue weighted by Gasteiger charge is -2.14. The van der Waals surface area contributed by atoms with Gasteiger partial charge in [-0.15, -0.1) is 5.92 Å². The second-order valence-electron chi connectivity index (χ2n) is 4.62. The van der Waals surface area contributed by atoms with Gasteiger partial charge in [-0.25, -0.2) is 0 Å². The van der Waals surface area contributed by atoms with Crippen LogP contribution in [0.25, 0.3) is 0 Å². The third kappa shape index (κ3) is 5.74. The molecule has 2 heteroatoms. The van der Waals surface area contributed by atoms with Crippen molar-refractivity contribution < 1.29 is 10.2 Å². The summed E-state index contributed by atoms with van der Waals surface area (Å²) in [4.78, 5) is 0. The second-order valence-corrected chi connectivity index (χ2v) is 4.62. The van der Waals surface area contributed by atoms with Gasteiger partial charge in [0.25, 0.3) is 0 Å². The van der Waals surface area contributed by atoms with Crippen molar-refractivity contribution in [3.8, 4) is 11.8 Å². The van der Waals surface area contributed by atoms with E-state index in [1.807, 2.05) is 30.3 Å². The van der Waals surface area contributed by atoms with E-state index in [4.69, 9.17) is 0 Å². The third-order valence-corrected chi connectivity index (χ3v) is 2.92. The molecule has 2 unspecified atom stereocenters. The lowest BCUT2D eigenvalue weighted by molar-refractivity contribution is 0.166. The molecule has 0 aliphatic carbocycles. The third-order valence-electron chi connectivity index (χ3n) is 2.92. The van der Waals surface area contributed by atoms with Gasteiger partial charge in [-0.2, -0.15) is 0 Å². The van der Waals surface area contributed by atoms with Crippen LogP contribution in [0.1, 0.15) is 44.3 Å². The van der Waals surface area contributed by atoms with E-state index >= 15 is 0 Å². The summed E-state index contributed by atoms with van der Waals surface area (Å²) in [5.41, 5.74) is 1.38. The van der Waals surface area contributed by atoms with Crippen molar-refractivity contribution in [2.24, 2.45) is 0 Å². The number of hydrogen-bond donors (Lipinski definition) is 2. The molecule has 102 valence electrons. The Bertz CT molecular complexity index is 439. The molecule has 0 aliphatic rings. The van der Waals surface area contributed by atoms with E-state index in [-0.39, 0.29) is 0 Å². The quantitative estimate of drug-likeness (QED) is 0.467. The van der Waals surface area contributed by atoms with E-state index < -0.39 is 12.2 Å². The topological polar surface area (TPSA) is 40.5 Å². The Morgan fingerprint density at radius 2 is 1.95 bits per heavy atom. The minimum Gasteiger partial charge on any atom is -0.388 e. The van der Waals surface area contributed by atoms with Gasteiger partial charge in [0.1, 0.15) is 6.10 Å². The van der Waals surface area contributed by atoms with Gasteiger partial charge in [-0.3, -0.25) is 0 Å². The van der Waals surface area contributed by atoms with Crippen LogP contribution in [-0.2, 0) is 0 Å². The Morgan fingerprint density at radius 1 is 1.26 bits per heavy atom. The summed E-state index contributed by atoms with van der Waals surface area (Å²) in [7, 11) is 0. The normalized spacial score (nSPS) is 13.2. The number of benzene rings is 1. The Kier molecular flexibility index (Phi) is 6.95. The van der Waals surface area contributed by atoms with E-state index in [9.17, 15) is 10.2 Å². The van der Waals surface area contributed by atoms with Gasteiger partial charge in [0, 0.05) is 12.8 Å². The molecule has 0 aromatic heterocycles. The molecular weight excluding hydrogens is 236 g/mol. The predicted molar refractivity (Wildman–Crippen MR) is 78.5 cm³/mol. The number of aliphatic hydroxyl groups is 2. The molecule has 0 bridgehead atoms. The van der Waals surface area contributed by atoms with Crippen molar-refractivity contribution >= 4 is 0 Å². The van der Waals surface area contributed by atoms with E-state index in [1.54, 1.807) is 0 Å². The van der Waals surface area contributed by atoms with Crippen LogP contribution >= 0.6 is 0 Å². The van der Waals surface area contributed by atoms with Gasteiger partial charge in [-0.1, -0.05) is 56.2 Å². The summed E-state index contributed by atoms with van der Waals surface area (Å²) in [6, 6.07) is 9.37. The zero-order valence-corrected chi connectivity index (χ0v) is 11.5. The van der Waals surface area contributed by atoms with Gasteiger partial charge in [0.05, 0.1) is 6.10 Å². The van der Waals surface area contributed by atoms with Gasteiger partial charge in [0.15, 0.2) is 0 Å². The van der Waals surface area contributed by atoms with Crippen LogP contribution in [0.5, 0.6) is 0 Å². The van der Waals surface area contributed by atoms with Gasteiger partial charge in [0.2, 0.25) is 0 Å². The van der Waals surface area contributed by atoms with Crippen molar-refractivity contribution in [1.29, 1.82) is 0 Å². The molecule has 2 atom stereocenters. The SMILES string of the molecule is C=C(CC(O)c1ccccc1)C(O)C#CCCCC. The molecule has 0 heterocycles. The molecule has 0 saturated carbocycles. The molecule has 2 N–H and O–H groups in total. The lowest BCUT2D eigenvalue weighted by Crippen LogP contribution is -2.10. The van der Waals surface area contributed by atoms with Gasteiger partial charge >= 0.3 is 0 Å². The van der Waals surface area contributed by atoms with E-state index in [2.05, 4.69) is 25.3 Å². The van der Waals surface area contributed by atoms with Crippen LogP contribution in [0.3, 0.4) is 0 Å². The maximum Gasteiger partial charge on any atom is 0.136 e. The van der Waals surface area contributed by atoms with E-state index in [0.29, 0.717) is 12.0 Å². The minimum absolute atomic E-state index is 0.327. The van der Waals surface area contributed by atoms with Crippen molar-refractivity contribution in [2.45, 2.75) is 44.8 Å². The van der Waals surface area contributed by atoms with Crippen LogP contribution < -0.4 is 0 Å². The molecule has 19 heavy (non-hydrogen) atoms. The Labute approximate surface area is 115 Å². The second kappa shape index (κ2) is 8.53. The molecule has 0 fully saturated rings. The number of aliphatic hydroxyl groups excluding tert-OH is 2. The molecular formula is C17H22O2. The molecule has 2 nitrogen and oxygen atoms in total. The standard InChI is InChI=1S/C17H22O2/c1-3-4-5-9-12-16(18)14(2)13-17(19)15-10-7-6-8-11-15/h6-8,10-11,16-19H,2-5,13H2,1H3. The average molecular weight is 258 g/mol. The molecule has 0 saturated heterocycles. The summed E-state index contributed by atoms with van der Waals surface area (Å²) in [5.74, 6) is 5.71. The summed E-state index contributed by atoms with van der Waals surface area (Å²) in [6.45, 7) is 5.91. The summed E-state index contributed by atoms with van der Waals surface area (Å²) < 4.78 is 0. The molecule has 1 aromatic rings. The van der Waals surface area contributed by atoms with Gasteiger partial charge in [-0.05, 0) is 17.6 Å². The van der Waals surface area contributed by atoms with Crippen LogP contribution in [0, 0.1) is 11.8 Å². The molecule has 0 spiro atoms. The van der Waals surface area contributed by atoms with Crippen molar-refractivity contribution in [1.82, 2.24) is 0 Å². The summed E-state index contributed by atoms with van der Waals surface area (Å²) in [6.07, 6.45) is 1.77. The monoisotopic (exact) mass is 258 g/mol. The molecule has 0 amide bonds. The zero-order valence-electron chi connectivity index (χ0n) is 11.5. The smallest absolute Gasteiger partial charge is 0.136 e. The maximum absolute atomic E-state index is 10.0. The van der Waals surface area contributed by atoms with Crippen molar-refractivity contribution in [3.63, 3.8) is 0 Å². The van der Waals surface area contributed by atoms with Crippen LogP contribution in [-0.4, -0.2) is 16.3 Å². The first-order valence-electron chi connectivity index (χ1n) is 6.72. The summed E-state index contributed by atoms with van der Waals surface area (Å²) >= 11 is 0. The first-order chi connectivity index (χ1) is 9.15. The van der Waals surface area contributed by atoms with Crippen LogP contribution in [0.2, 0.25) is 0 Å². The zero-order chi connectivity index (χ0) is 14.1.